The minimum atomic E-state index is -0.215. The van der Waals surface area contributed by atoms with Crippen molar-refractivity contribution in [2.45, 2.75) is 13.0 Å². The van der Waals surface area contributed by atoms with Gasteiger partial charge >= 0.3 is 0 Å². The van der Waals surface area contributed by atoms with E-state index in [0.717, 1.165) is 16.6 Å². The molecule has 0 aliphatic carbocycles. The Morgan fingerprint density at radius 3 is 2.85 bits per heavy atom. The quantitative estimate of drug-likeness (QED) is 0.694. The molecule has 0 radical (unpaired) electrons. The van der Waals surface area contributed by atoms with E-state index in [4.69, 9.17) is 23.8 Å². The third-order valence-electron chi connectivity index (χ3n) is 3.25. The fraction of sp³-hybridized carbons (Fsp3) is 0.133. The van der Waals surface area contributed by atoms with Crippen molar-refractivity contribution in [3.8, 4) is 0 Å². The molecule has 1 heterocycles. The van der Waals surface area contributed by atoms with Gasteiger partial charge in [-0.25, -0.2) is 4.39 Å². The van der Waals surface area contributed by atoms with Crippen LogP contribution in [0.15, 0.2) is 42.5 Å². The zero-order chi connectivity index (χ0) is 14.1. The molecule has 20 heavy (non-hydrogen) atoms. The fourth-order valence-electron chi connectivity index (χ4n) is 2.28. The number of hydrogen-bond donors (Lipinski definition) is 1. The van der Waals surface area contributed by atoms with Gasteiger partial charge in [0.15, 0.2) is 4.77 Å². The molecule has 0 unspecified atom stereocenters. The topological polar surface area (TPSA) is 20.7 Å². The van der Waals surface area contributed by atoms with Crippen LogP contribution in [0.5, 0.6) is 0 Å². The highest BCUT2D eigenvalue weighted by molar-refractivity contribution is 7.71. The van der Waals surface area contributed by atoms with E-state index < -0.39 is 0 Å². The number of halogens is 2. The molecule has 0 amide bonds. The fourth-order valence-corrected chi connectivity index (χ4v) is 2.75. The first-order valence-corrected chi connectivity index (χ1v) is 7.04. The highest BCUT2D eigenvalue weighted by Crippen LogP contribution is 2.20. The van der Waals surface area contributed by atoms with E-state index in [-0.39, 0.29) is 5.82 Å². The predicted octanol–water partition coefficient (Wildman–Crippen LogP) is 4.73. The maximum atomic E-state index is 13.2. The zero-order valence-electron chi connectivity index (χ0n) is 10.6. The van der Waals surface area contributed by atoms with Crippen molar-refractivity contribution in [2.75, 3.05) is 0 Å². The van der Waals surface area contributed by atoms with Crippen LogP contribution in [0.1, 0.15) is 5.56 Å². The maximum Gasteiger partial charge on any atom is 0.178 e. The van der Waals surface area contributed by atoms with Crippen molar-refractivity contribution in [3.63, 3.8) is 0 Å². The van der Waals surface area contributed by atoms with E-state index in [9.17, 15) is 4.39 Å². The SMILES string of the molecule is Fc1cccc(CCn2c(=S)[nH]c3ccc(Cl)cc32)c1. The molecule has 0 aliphatic heterocycles. The number of nitrogens with zero attached hydrogens (tertiary/aromatic N) is 1. The van der Waals surface area contributed by atoms with E-state index >= 15 is 0 Å². The number of H-pyrrole nitrogens is 1. The summed E-state index contributed by atoms with van der Waals surface area (Å²) in [6, 6.07) is 12.2. The van der Waals surface area contributed by atoms with Gasteiger partial charge in [0, 0.05) is 11.6 Å². The molecular formula is C15H12ClFN2S. The van der Waals surface area contributed by atoms with Gasteiger partial charge in [0.1, 0.15) is 5.82 Å². The lowest BCUT2D eigenvalue weighted by Gasteiger charge is -2.05. The zero-order valence-corrected chi connectivity index (χ0v) is 12.1. The van der Waals surface area contributed by atoms with Crippen LogP contribution in [-0.2, 0) is 13.0 Å². The lowest BCUT2D eigenvalue weighted by atomic mass is 10.1. The number of aromatic nitrogens is 2. The van der Waals surface area contributed by atoms with Crippen LogP contribution in [0.4, 0.5) is 4.39 Å². The molecule has 3 aromatic rings. The number of rotatable bonds is 3. The summed E-state index contributed by atoms with van der Waals surface area (Å²) < 4.78 is 15.8. The summed E-state index contributed by atoms with van der Waals surface area (Å²) in [6.07, 6.45) is 0.714. The molecule has 0 spiro atoms. The summed E-state index contributed by atoms with van der Waals surface area (Å²) in [6.45, 7) is 0.683. The minimum Gasteiger partial charge on any atom is -0.331 e. The van der Waals surface area contributed by atoms with E-state index in [2.05, 4.69) is 4.98 Å². The molecule has 102 valence electrons. The number of aromatic amines is 1. The third-order valence-corrected chi connectivity index (χ3v) is 3.81. The molecular weight excluding hydrogens is 295 g/mol. The second kappa shape index (κ2) is 5.38. The van der Waals surface area contributed by atoms with E-state index in [1.807, 2.05) is 28.8 Å². The van der Waals surface area contributed by atoms with Gasteiger partial charge in [0.25, 0.3) is 0 Å². The first kappa shape index (κ1) is 13.3. The Hall–Kier alpha value is -1.65. The van der Waals surface area contributed by atoms with Crippen LogP contribution >= 0.6 is 23.8 Å². The Morgan fingerprint density at radius 1 is 1.20 bits per heavy atom. The molecule has 3 rings (SSSR count). The monoisotopic (exact) mass is 306 g/mol. The van der Waals surface area contributed by atoms with E-state index in [1.54, 1.807) is 12.1 Å². The normalized spacial score (nSPS) is 11.1. The van der Waals surface area contributed by atoms with Crippen molar-refractivity contribution >= 4 is 34.9 Å². The molecule has 0 bridgehead atoms. The summed E-state index contributed by atoms with van der Waals surface area (Å²) in [5, 5.41) is 0.672. The van der Waals surface area contributed by atoms with Gasteiger partial charge < -0.3 is 9.55 Å². The summed E-state index contributed by atoms with van der Waals surface area (Å²) in [5.41, 5.74) is 2.88. The van der Waals surface area contributed by atoms with Crippen LogP contribution in [-0.4, -0.2) is 9.55 Å². The van der Waals surface area contributed by atoms with Gasteiger partial charge in [-0.1, -0.05) is 23.7 Å². The number of imidazole rings is 1. The molecule has 2 nitrogen and oxygen atoms in total. The number of aryl methyl sites for hydroxylation is 2. The van der Waals surface area contributed by atoms with Crippen molar-refractivity contribution in [1.29, 1.82) is 0 Å². The van der Waals surface area contributed by atoms with Crippen molar-refractivity contribution in [2.24, 2.45) is 0 Å². The minimum absolute atomic E-state index is 0.215. The predicted molar refractivity (Wildman–Crippen MR) is 82.2 cm³/mol. The lowest BCUT2D eigenvalue weighted by Crippen LogP contribution is -2.01. The Morgan fingerprint density at radius 2 is 2.05 bits per heavy atom. The third kappa shape index (κ3) is 2.62. The molecule has 0 aliphatic rings. The Bertz CT molecular complexity index is 822. The smallest absolute Gasteiger partial charge is 0.178 e. The molecule has 1 aromatic heterocycles. The van der Waals surface area contributed by atoms with Crippen molar-refractivity contribution in [3.05, 3.63) is 63.6 Å². The Kier molecular flexibility index (Phi) is 3.59. The standard InChI is InChI=1S/C15H12ClFN2S/c16-11-4-5-13-14(9-11)19(15(20)18-13)7-6-10-2-1-3-12(17)8-10/h1-5,8-9H,6-7H2,(H,18,20). The highest BCUT2D eigenvalue weighted by atomic mass is 35.5. The van der Waals surface area contributed by atoms with Gasteiger partial charge in [-0.2, -0.15) is 0 Å². The summed E-state index contributed by atoms with van der Waals surface area (Å²) >= 11 is 11.4. The van der Waals surface area contributed by atoms with Crippen LogP contribution in [0, 0.1) is 10.6 Å². The van der Waals surface area contributed by atoms with Crippen LogP contribution in [0.25, 0.3) is 11.0 Å². The molecule has 0 saturated heterocycles. The van der Waals surface area contributed by atoms with Gasteiger partial charge in [-0.05, 0) is 54.5 Å². The second-order valence-electron chi connectivity index (χ2n) is 4.62. The number of benzene rings is 2. The van der Waals surface area contributed by atoms with Crippen molar-refractivity contribution < 1.29 is 4.39 Å². The van der Waals surface area contributed by atoms with E-state index in [0.29, 0.717) is 22.8 Å². The molecule has 0 atom stereocenters. The number of nitrogens with one attached hydrogen (secondary N) is 1. The number of fused-ring (bicyclic) bond motifs is 1. The first-order chi connectivity index (χ1) is 9.63. The molecule has 0 saturated carbocycles. The molecule has 2 aromatic carbocycles. The van der Waals surface area contributed by atoms with E-state index in [1.165, 1.54) is 6.07 Å². The summed E-state index contributed by atoms with van der Waals surface area (Å²) in [4.78, 5) is 3.15. The van der Waals surface area contributed by atoms with Crippen LogP contribution < -0.4 is 0 Å². The molecule has 0 fully saturated rings. The second-order valence-corrected chi connectivity index (χ2v) is 5.45. The Labute approximate surface area is 125 Å². The van der Waals surface area contributed by atoms with Gasteiger partial charge in [-0.15, -0.1) is 0 Å². The Balaban J connectivity index is 1.93. The number of hydrogen-bond acceptors (Lipinski definition) is 1. The summed E-state index contributed by atoms with van der Waals surface area (Å²) in [5.74, 6) is -0.215. The average molecular weight is 307 g/mol. The lowest BCUT2D eigenvalue weighted by molar-refractivity contribution is 0.622. The van der Waals surface area contributed by atoms with Crippen LogP contribution in [0.3, 0.4) is 0 Å². The van der Waals surface area contributed by atoms with Gasteiger partial charge in [0.2, 0.25) is 0 Å². The average Bonchev–Trinajstić information content (AvgIpc) is 2.72. The molecule has 1 N–H and O–H groups in total. The molecule has 5 heteroatoms. The van der Waals surface area contributed by atoms with Gasteiger partial charge in [0.05, 0.1) is 11.0 Å². The maximum absolute atomic E-state index is 13.2. The highest BCUT2D eigenvalue weighted by Gasteiger charge is 2.05. The summed E-state index contributed by atoms with van der Waals surface area (Å²) in [7, 11) is 0. The van der Waals surface area contributed by atoms with Crippen LogP contribution in [0.2, 0.25) is 5.02 Å². The first-order valence-electron chi connectivity index (χ1n) is 6.26. The van der Waals surface area contributed by atoms with Crippen molar-refractivity contribution in [1.82, 2.24) is 9.55 Å². The van der Waals surface area contributed by atoms with Gasteiger partial charge in [-0.3, -0.25) is 0 Å². The largest absolute Gasteiger partial charge is 0.331 e.